The van der Waals surface area contributed by atoms with Gasteiger partial charge in [-0.25, -0.2) is 0 Å². The Balaban J connectivity index is 2.00. The van der Waals surface area contributed by atoms with E-state index in [1.54, 1.807) is 0 Å². The molecule has 3 heteroatoms. The summed E-state index contributed by atoms with van der Waals surface area (Å²) in [6.45, 7) is 2.10. The summed E-state index contributed by atoms with van der Waals surface area (Å²) in [7, 11) is 0. The molecule has 0 unspecified atom stereocenters. The zero-order valence-electron chi connectivity index (χ0n) is 11.3. The molecule has 0 atom stereocenters. The van der Waals surface area contributed by atoms with Gasteiger partial charge in [0.2, 0.25) is 5.91 Å². The smallest absolute Gasteiger partial charge is 0.228 e. The molecule has 1 N–H and O–H groups in total. The fourth-order valence-corrected chi connectivity index (χ4v) is 2.85. The Morgan fingerprint density at radius 2 is 2.21 bits per heavy atom. The van der Waals surface area contributed by atoms with Crippen LogP contribution in [-0.4, -0.2) is 5.91 Å². The maximum absolute atomic E-state index is 12.1. The van der Waals surface area contributed by atoms with Crippen LogP contribution in [0.5, 0.6) is 0 Å². The molecule has 2 nitrogen and oxygen atoms in total. The van der Waals surface area contributed by atoms with E-state index in [9.17, 15) is 4.79 Å². The van der Waals surface area contributed by atoms with Crippen LogP contribution in [0.25, 0.3) is 0 Å². The van der Waals surface area contributed by atoms with E-state index < -0.39 is 0 Å². The summed E-state index contributed by atoms with van der Waals surface area (Å²) in [6.07, 6.45) is 8.37. The van der Waals surface area contributed by atoms with Crippen molar-refractivity contribution in [1.82, 2.24) is 0 Å². The average molecular weight is 322 g/mol. The van der Waals surface area contributed by atoms with E-state index in [1.807, 2.05) is 12.1 Å². The lowest BCUT2D eigenvalue weighted by atomic mass is 9.97. The normalized spacial score (nSPS) is 14.9. The van der Waals surface area contributed by atoms with Gasteiger partial charge < -0.3 is 5.32 Å². The fraction of sp³-hybridized carbons (Fsp3) is 0.438. The van der Waals surface area contributed by atoms with Gasteiger partial charge in [0.1, 0.15) is 0 Å². The number of hydrogen-bond acceptors (Lipinski definition) is 1. The Kier molecular flexibility index (Phi) is 5.20. The highest BCUT2D eigenvalue weighted by atomic mass is 79.9. The third-order valence-corrected chi connectivity index (χ3v) is 3.99. The molecular formula is C16H20BrNO. The maximum atomic E-state index is 12.1. The lowest BCUT2D eigenvalue weighted by Gasteiger charge is -2.14. The number of nitrogens with one attached hydrogen (secondary N) is 1. The Labute approximate surface area is 123 Å². The minimum absolute atomic E-state index is 0.102. The van der Waals surface area contributed by atoms with Gasteiger partial charge in [0.05, 0.1) is 0 Å². The summed E-state index contributed by atoms with van der Waals surface area (Å²) < 4.78 is 1.05. The number of carbonyl (C=O) groups is 1. The highest BCUT2D eigenvalue weighted by molar-refractivity contribution is 9.10. The topological polar surface area (TPSA) is 29.1 Å². The number of rotatable bonds is 4. The van der Waals surface area contributed by atoms with E-state index >= 15 is 0 Å². The minimum Gasteiger partial charge on any atom is -0.326 e. The van der Waals surface area contributed by atoms with E-state index in [4.69, 9.17) is 0 Å². The quantitative estimate of drug-likeness (QED) is 0.790. The molecule has 0 fully saturated rings. The van der Waals surface area contributed by atoms with Gasteiger partial charge in [0.25, 0.3) is 0 Å². The van der Waals surface area contributed by atoms with E-state index in [1.165, 1.54) is 24.0 Å². The van der Waals surface area contributed by atoms with Crippen LogP contribution in [0.2, 0.25) is 0 Å². The number of allylic oxidation sites excluding steroid dienone is 1. The number of hydrogen-bond donors (Lipinski definition) is 1. The van der Waals surface area contributed by atoms with Crippen molar-refractivity contribution in [3.05, 3.63) is 39.9 Å². The zero-order chi connectivity index (χ0) is 13.7. The van der Waals surface area contributed by atoms with Crippen LogP contribution < -0.4 is 5.32 Å². The van der Waals surface area contributed by atoms with Crippen molar-refractivity contribution < 1.29 is 4.79 Å². The van der Waals surface area contributed by atoms with Gasteiger partial charge in [0.15, 0.2) is 0 Å². The van der Waals surface area contributed by atoms with Crippen molar-refractivity contribution in [2.75, 3.05) is 5.32 Å². The lowest BCUT2D eigenvalue weighted by molar-refractivity contribution is -0.115. The van der Waals surface area contributed by atoms with Crippen LogP contribution in [0.15, 0.2) is 34.3 Å². The molecule has 102 valence electrons. The average Bonchev–Trinajstić information content (AvgIpc) is 2.42. The predicted molar refractivity (Wildman–Crippen MR) is 83.3 cm³/mol. The fourth-order valence-electron chi connectivity index (χ4n) is 2.44. The monoisotopic (exact) mass is 321 g/mol. The number of amides is 1. The summed E-state index contributed by atoms with van der Waals surface area (Å²) in [4.78, 5) is 12.1. The van der Waals surface area contributed by atoms with Crippen LogP contribution in [0, 0.1) is 0 Å². The Bertz CT molecular complexity index is 494. The van der Waals surface area contributed by atoms with Gasteiger partial charge in [-0.3, -0.25) is 4.79 Å². The van der Waals surface area contributed by atoms with Crippen LogP contribution in [0.4, 0.5) is 5.69 Å². The molecule has 0 aromatic heterocycles. The number of anilines is 1. The first-order valence-electron chi connectivity index (χ1n) is 6.95. The third-order valence-electron chi connectivity index (χ3n) is 3.49. The molecule has 1 aromatic carbocycles. The summed E-state index contributed by atoms with van der Waals surface area (Å²) in [5.41, 5.74) is 3.39. The van der Waals surface area contributed by atoms with Gasteiger partial charge in [-0.1, -0.05) is 34.5 Å². The summed E-state index contributed by atoms with van der Waals surface area (Å²) in [6, 6.07) is 6.00. The van der Waals surface area contributed by atoms with Crippen molar-refractivity contribution in [3.8, 4) is 0 Å². The van der Waals surface area contributed by atoms with Crippen LogP contribution in [0.3, 0.4) is 0 Å². The van der Waals surface area contributed by atoms with Gasteiger partial charge in [-0.15, -0.1) is 0 Å². The molecule has 0 aliphatic heterocycles. The van der Waals surface area contributed by atoms with Gasteiger partial charge in [-0.2, -0.15) is 0 Å². The molecule has 19 heavy (non-hydrogen) atoms. The molecule has 1 amide bonds. The SMILES string of the molecule is CCc1cc(Br)ccc1NC(=O)CC1=CCCCC1. The van der Waals surface area contributed by atoms with Crippen molar-refractivity contribution in [2.45, 2.75) is 45.4 Å². The van der Waals surface area contributed by atoms with E-state index in [-0.39, 0.29) is 5.91 Å². The molecule has 1 aliphatic rings. The standard InChI is InChI=1S/C16H20BrNO/c1-2-13-11-14(17)8-9-15(13)18-16(19)10-12-6-4-3-5-7-12/h6,8-9,11H,2-5,7,10H2,1H3,(H,18,19). The summed E-state index contributed by atoms with van der Waals surface area (Å²) in [5, 5.41) is 3.04. The van der Waals surface area contributed by atoms with E-state index in [2.05, 4.69) is 40.3 Å². The number of benzene rings is 1. The molecule has 2 rings (SSSR count). The second kappa shape index (κ2) is 6.90. The van der Waals surface area contributed by atoms with Crippen LogP contribution in [0.1, 0.15) is 44.6 Å². The third kappa shape index (κ3) is 4.20. The Hall–Kier alpha value is -1.09. The highest BCUT2D eigenvalue weighted by Gasteiger charge is 2.10. The van der Waals surface area contributed by atoms with Crippen molar-refractivity contribution in [1.29, 1.82) is 0 Å². The lowest BCUT2D eigenvalue weighted by Crippen LogP contribution is -2.14. The number of aryl methyl sites for hydroxylation is 1. The van der Waals surface area contributed by atoms with Crippen molar-refractivity contribution >= 4 is 27.5 Å². The number of halogens is 1. The molecular weight excluding hydrogens is 302 g/mol. The van der Waals surface area contributed by atoms with Crippen molar-refractivity contribution in [2.24, 2.45) is 0 Å². The molecule has 0 radical (unpaired) electrons. The Morgan fingerprint density at radius 1 is 1.37 bits per heavy atom. The van der Waals surface area contributed by atoms with Gasteiger partial charge >= 0.3 is 0 Å². The van der Waals surface area contributed by atoms with Gasteiger partial charge in [0, 0.05) is 16.6 Å². The molecule has 0 spiro atoms. The zero-order valence-corrected chi connectivity index (χ0v) is 12.9. The first-order chi connectivity index (χ1) is 9.19. The first kappa shape index (κ1) is 14.3. The Morgan fingerprint density at radius 3 is 2.89 bits per heavy atom. The van der Waals surface area contributed by atoms with Crippen molar-refractivity contribution in [3.63, 3.8) is 0 Å². The summed E-state index contributed by atoms with van der Waals surface area (Å²) in [5.74, 6) is 0.102. The molecule has 1 aromatic rings. The van der Waals surface area contributed by atoms with E-state index in [0.717, 1.165) is 29.4 Å². The number of carbonyl (C=O) groups excluding carboxylic acids is 1. The molecule has 0 bridgehead atoms. The highest BCUT2D eigenvalue weighted by Crippen LogP contribution is 2.24. The van der Waals surface area contributed by atoms with E-state index in [0.29, 0.717) is 6.42 Å². The van der Waals surface area contributed by atoms with Gasteiger partial charge in [-0.05, 0) is 55.9 Å². The first-order valence-corrected chi connectivity index (χ1v) is 7.74. The molecule has 0 saturated carbocycles. The minimum atomic E-state index is 0.102. The maximum Gasteiger partial charge on any atom is 0.228 e. The molecule has 0 saturated heterocycles. The van der Waals surface area contributed by atoms with Crippen LogP contribution in [-0.2, 0) is 11.2 Å². The second-order valence-corrected chi connectivity index (χ2v) is 5.90. The van der Waals surface area contributed by atoms with Crippen LogP contribution >= 0.6 is 15.9 Å². The predicted octanol–water partition coefficient (Wildman–Crippen LogP) is 4.84. The summed E-state index contributed by atoms with van der Waals surface area (Å²) >= 11 is 3.46. The molecule has 0 heterocycles. The largest absolute Gasteiger partial charge is 0.326 e. The second-order valence-electron chi connectivity index (χ2n) is 4.99. The molecule has 1 aliphatic carbocycles.